The number of terminal acetylenes is 1. The SMILES string of the molecule is C#Cc1cc2c(cc1SC)CC(SC)(SC)CS2(C)SC. The van der Waals surface area contributed by atoms with E-state index in [-0.39, 0.29) is 0 Å². The molecule has 1 heterocycles. The highest BCUT2D eigenvalue weighted by molar-refractivity contribution is 8.94. The van der Waals surface area contributed by atoms with Crippen molar-refractivity contribution in [2.24, 2.45) is 0 Å². The van der Waals surface area contributed by atoms with E-state index in [1.807, 2.05) is 34.3 Å². The van der Waals surface area contributed by atoms with Crippen molar-refractivity contribution in [3.63, 3.8) is 0 Å². The molecule has 1 unspecified atom stereocenters. The van der Waals surface area contributed by atoms with Crippen LogP contribution in [-0.4, -0.2) is 41.1 Å². The van der Waals surface area contributed by atoms with E-state index in [1.165, 1.54) is 21.1 Å². The van der Waals surface area contributed by atoms with Crippen LogP contribution in [0, 0.1) is 12.3 Å². The Bertz CT molecular complexity index is 571. The molecule has 0 N–H and O–H groups in total. The summed E-state index contributed by atoms with van der Waals surface area (Å²) in [7, 11) is 1.18. The van der Waals surface area contributed by atoms with Gasteiger partial charge >= 0.3 is 0 Å². The van der Waals surface area contributed by atoms with Crippen LogP contribution in [0.4, 0.5) is 0 Å². The summed E-state index contributed by atoms with van der Waals surface area (Å²) in [5.41, 5.74) is 2.58. The predicted molar refractivity (Wildman–Crippen MR) is 110 cm³/mol. The highest BCUT2D eigenvalue weighted by atomic mass is 33.2. The zero-order chi connectivity index (χ0) is 15.7. The van der Waals surface area contributed by atoms with E-state index in [0.717, 1.165) is 12.0 Å². The molecule has 0 saturated heterocycles. The quantitative estimate of drug-likeness (QED) is 0.298. The molecule has 21 heavy (non-hydrogen) atoms. The van der Waals surface area contributed by atoms with E-state index in [2.05, 4.69) is 49.3 Å². The maximum Gasteiger partial charge on any atom is 0.0731 e. The molecular weight excluding hydrogens is 353 g/mol. The number of benzene rings is 1. The first-order valence-corrected chi connectivity index (χ1v) is 14.2. The standard InChI is InChI=1S/C16H22S5/c1-7-12-9-15-13(8-14(12)17-2)10-16(18-3,19-4)11-21(15,6)20-5/h1,8-9H,10-11H2,2-6H3. The molecule has 1 aromatic rings. The zero-order valence-electron chi connectivity index (χ0n) is 13.2. The first-order valence-electron chi connectivity index (χ1n) is 6.57. The van der Waals surface area contributed by atoms with Crippen LogP contribution in [0.25, 0.3) is 0 Å². The van der Waals surface area contributed by atoms with Crippen molar-refractivity contribution < 1.29 is 0 Å². The third-order valence-corrected chi connectivity index (χ3v) is 14.5. The summed E-state index contributed by atoms with van der Waals surface area (Å²) in [5, 5.41) is 0. The summed E-state index contributed by atoms with van der Waals surface area (Å²) in [6, 6.07) is 4.66. The van der Waals surface area contributed by atoms with Crippen LogP contribution >= 0.6 is 55.1 Å². The zero-order valence-corrected chi connectivity index (χ0v) is 17.3. The fourth-order valence-electron chi connectivity index (χ4n) is 2.76. The number of hydrogen-bond donors (Lipinski definition) is 0. The lowest BCUT2D eigenvalue weighted by Gasteiger charge is -2.48. The van der Waals surface area contributed by atoms with E-state index >= 15 is 0 Å². The van der Waals surface area contributed by atoms with Gasteiger partial charge in [0.15, 0.2) is 0 Å². The maximum absolute atomic E-state index is 5.73. The van der Waals surface area contributed by atoms with Crippen LogP contribution in [0.5, 0.6) is 0 Å². The average molecular weight is 375 g/mol. The minimum atomic E-state index is -0.857. The van der Waals surface area contributed by atoms with Crippen LogP contribution < -0.4 is 0 Å². The molecule has 1 aliphatic heterocycles. The molecular formula is C16H22S5. The van der Waals surface area contributed by atoms with E-state index in [1.54, 1.807) is 11.8 Å². The highest BCUT2D eigenvalue weighted by Crippen LogP contribution is 2.70. The monoisotopic (exact) mass is 374 g/mol. The summed E-state index contributed by atoms with van der Waals surface area (Å²) in [5.74, 6) is 4.14. The highest BCUT2D eigenvalue weighted by Gasteiger charge is 2.42. The molecule has 0 radical (unpaired) electrons. The lowest BCUT2D eigenvalue weighted by molar-refractivity contribution is 0.846. The van der Waals surface area contributed by atoms with Crippen molar-refractivity contribution in [3.8, 4) is 12.3 Å². The van der Waals surface area contributed by atoms with Gasteiger partial charge in [0.2, 0.25) is 0 Å². The Morgan fingerprint density at radius 2 is 1.86 bits per heavy atom. The molecule has 116 valence electrons. The molecule has 0 spiro atoms. The average Bonchev–Trinajstić information content (AvgIpc) is 2.53. The Balaban J connectivity index is 2.64. The van der Waals surface area contributed by atoms with Gasteiger partial charge in [-0.1, -0.05) is 5.92 Å². The topological polar surface area (TPSA) is 0 Å². The smallest absolute Gasteiger partial charge is 0.0731 e. The Morgan fingerprint density at radius 1 is 1.19 bits per heavy atom. The Labute approximate surface area is 147 Å². The van der Waals surface area contributed by atoms with Crippen LogP contribution in [-0.2, 0) is 6.42 Å². The van der Waals surface area contributed by atoms with Crippen LogP contribution in [0.2, 0.25) is 0 Å². The van der Waals surface area contributed by atoms with Crippen molar-refractivity contribution in [3.05, 3.63) is 23.3 Å². The maximum atomic E-state index is 5.73. The normalized spacial score (nSPS) is 26.5. The number of rotatable bonds is 4. The van der Waals surface area contributed by atoms with Crippen LogP contribution in [0.3, 0.4) is 0 Å². The van der Waals surface area contributed by atoms with Crippen molar-refractivity contribution in [2.75, 3.05) is 37.0 Å². The van der Waals surface area contributed by atoms with Crippen molar-refractivity contribution in [2.45, 2.75) is 20.3 Å². The van der Waals surface area contributed by atoms with Gasteiger partial charge in [0.1, 0.15) is 0 Å². The fraction of sp³-hybridized carbons (Fsp3) is 0.500. The summed E-state index contributed by atoms with van der Waals surface area (Å²) in [6.07, 6.45) is 18.2. The van der Waals surface area contributed by atoms with Gasteiger partial charge in [-0.3, -0.25) is 0 Å². The van der Waals surface area contributed by atoms with Gasteiger partial charge in [-0.05, 0) is 55.4 Å². The summed E-state index contributed by atoms with van der Waals surface area (Å²) in [6.45, 7) is 0. The minimum Gasteiger partial charge on any atom is -0.166 e. The summed E-state index contributed by atoms with van der Waals surface area (Å²) < 4.78 is 0.313. The number of thioether (sulfide) groups is 3. The van der Waals surface area contributed by atoms with Gasteiger partial charge in [-0.15, -0.1) is 52.5 Å². The molecule has 5 heteroatoms. The largest absolute Gasteiger partial charge is 0.166 e. The fourth-order valence-corrected chi connectivity index (χ4v) is 11.8. The Hall–Kier alpha value is 0.530. The predicted octanol–water partition coefficient (Wildman–Crippen LogP) is 5.44. The third kappa shape index (κ3) is 3.26. The second-order valence-electron chi connectivity index (χ2n) is 5.12. The molecule has 0 nitrogen and oxygen atoms in total. The van der Waals surface area contributed by atoms with E-state index < -0.39 is 9.06 Å². The summed E-state index contributed by atoms with van der Waals surface area (Å²) >= 11 is 5.80. The van der Waals surface area contributed by atoms with Gasteiger partial charge in [0.25, 0.3) is 0 Å². The molecule has 1 atom stereocenters. The van der Waals surface area contributed by atoms with E-state index in [9.17, 15) is 0 Å². The molecule has 1 aromatic carbocycles. The van der Waals surface area contributed by atoms with Gasteiger partial charge in [-0.25, -0.2) is 0 Å². The van der Waals surface area contributed by atoms with Crippen molar-refractivity contribution >= 4 is 55.1 Å². The van der Waals surface area contributed by atoms with Gasteiger partial charge in [0.05, 0.1) is 4.08 Å². The number of fused-ring (bicyclic) bond motifs is 1. The molecule has 0 fully saturated rings. The molecule has 1 aliphatic rings. The molecule has 0 aliphatic carbocycles. The second kappa shape index (κ2) is 6.97. The van der Waals surface area contributed by atoms with Crippen molar-refractivity contribution in [1.82, 2.24) is 0 Å². The van der Waals surface area contributed by atoms with E-state index in [0.29, 0.717) is 4.08 Å². The van der Waals surface area contributed by atoms with Crippen LogP contribution in [0.15, 0.2) is 21.9 Å². The second-order valence-corrected chi connectivity index (χ2v) is 14.9. The molecule has 0 aromatic heterocycles. The lowest BCUT2D eigenvalue weighted by atomic mass is 10.1. The Kier molecular flexibility index (Phi) is 5.93. The first kappa shape index (κ1) is 17.9. The van der Waals surface area contributed by atoms with Crippen molar-refractivity contribution in [1.29, 1.82) is 0 Å². The third-order valence-electron chi connectivity index (χ3n) is 4.07. The lowest BCUT2D eigenvalue weighted by Crippen LogP contribution is -2.34. The first-order chi connectivity index (χ1) is 9.97. The number of hydrogen-bond acceptors (Lipinski definition) is 4. The van der Waals surface area contributed by atoms with Gasteiger partial charge in [-0.2, -0.15) is 9.06 Å². The molecule has 0 bridgehead atoms. The molecule has 0 amide bonds. The molecule has 0 saturated carbocycles. The van der Waals surface area contributed by atoms with Gasteiger partial charge in [0, 0.05) is 21.1 Å². The van der Waals surface area contributed by atoms with Gasteiger partial charge < -0.3 is 0 Å². The van der Waals surface area contributed by atoms with E-state index in [4.69, 9.17) is 6.42 Å². The van der Waals surface area contributed by atoms with Crippen LogP contribution in [0.1, 0.15) is 11.1 Å². The summed E-state index contributed by atoms with van der Waals surface area (Å²) in [4.78, 5) is 2.77. The molecule has 2 rings (SSSR count). The minimum absolute atomic E-state index is 0.313. The Morgan fingerprint density at radius 3 is 2.33 bits per heavy atom.